The predicted molar refractivity (Wildman–Crippen MR) is 110 cm³/mol. The summed E-state index contributed by atoms with van der Waals surface area (Å²) in [4.78, 5) is 31.5. The van der Waals surface area contributed by atoms with Gasteiger partial charge in [-0.15, -0.1) is 0 Å². The highest BCUT2D eigenvalue weighted by molar-refractivity contribution is 6.46. The molecule has 7 heteroatoms. The van der Waals surface area contributed by atoms with Crippen LogP contribution in [-0.4, -0.2) is 52.5 Å². The molecule has 2 atom stereocenters. The van der Waals surface area contributed by atoms with E-state index in [-0.39, 0.29) is 17.4 Å². The molecule has 0 saturated carbocycles. The van der Waals surface area contributed by atoms with Crippen molar-refractivity contribution in [1.82, 2.24) is 9.88 Å². The van der Waals surface area contributed by atoms with E-state index < -0.39 is 17.7 Å². The van der Waals surface area contributed by atoms with Gasteiger partial charge in [-0.25, -0.2) is 0 Å². The third-order valence-electron chi connectivity index (χ3n) is 5.40. The topological polar surface area (TPSA) is 89.0 Å². The Kier molecular flexibility index (Phi) is 5.81. The minimum atomic E-state index is -0.713. The fourth-order valence-corrected chi connectivity index (χ4v) is 3.99. The number of ether oxygens (including phenoxy) is 2. The SMILES string of the molecule is CCOc1ccc(/C(O)=C2/C(=O)C(=O)N(CC3CCCO3)C2c2cccnc2)cc1. The Balaban J connectivity index is 1.76. The minimum absolute atomic E-state index is 0.0650. The number of ketones is 1. The summed E-state index contributed by atoms with van der Waals surface area (Å²) in [5.41, 5.74) is 1.18. The van der Waals surface area contributed by atoms with E-state index in [0.29, 0.717) is 36.6 Å². The number of carbonyl (C=O) groups is 2. The van der Waals surface area contributed by atoms with Gasteiger partial charge in [-0.3, -0.25) is 14.6 Å². The van der Waals surface area contributed by atoms with Gasteiger partial charge < -0.3 is 19.5 Å². The molecule has 2 fully saturated rings. The van der Waals surface area contributed by atoms with Crippen LogP contribution in [0.4, 0.5) is 0 Å². The fraction of sp³-hybridized carbons (Fsp3) is 0.348. The van der Waals surface area contributed by atoms with Crippen molar-refractivity contribution in [2.24, 2.45) is 0 Å². The first-order chi connectivity index (χ1) is 14.6. The number of aliphatic hydroxyl groups excluding tert-OH is 1. The molecule has 2 aliphatic rings. The molecule has 4 rings (SSSR count). The fourth-order valence-electron chi connectivity index (χ4n) is 3.99. The van der Waals surface area contributed by atoms with E-state index in [1.54, 1.807) is 48.8 Å². The van der Waals surface area contributed by atoms with Crippen LogP contribution in [0.3, 0.4) is 0 Å². The quantitative estimate of drug-likeness (QED) is 0.449. The zero-order valence-corrected chi connectivity index (χ0v) is 16.8. The van der Waals surface area contributed by atoms with Crippen molar-refractivity contribution in [3.8, 4) is 5.75 Å². The third-order valence-corrected chi connectivity index (χ3v) is 5.40. The Morgan fingerprint density at radius 3 is 2.70 bits per heavy atom. The van der Waals surface area contributed by atoms with Gasteiger partial charge in [0, 0.05) is 31.1 Å². The molecule has 2 aliphatic heterocycles. The number of hydrogen-bond acceptors (Lipinski definition) is 6. The lowest BCUT2D eigenvalue weighted by Gasteiger charge is -2.27. The van der Waals surface area contributed by atoms with Gasteiger partial charge in [-0.1, -0.05) is 6.07 Å². The highest BCUT2D eigenvalue weighted by Crippen LogP contribution is 2.39. The molecule has 2 aromatic rings. The van der Waals surface area contributed by atoms with Crippen LogP contribution in [0.15, 0.2) is 54.4 Å². The van der Waals surface area contributed by atoms with Crippen molar-refractivity contribution in [3.05, 3.63) is 65.5 Å². The number of rotatable bonds is 6. The summed E-state index contributed by atoms with van der Waals surface area (Å²) in [6.45, 7) is 3.36. The Morgan fingerprint density at radius 2 is 2.07 bits per heavy atom. The molecule has 30 heavy (non-hydrogen) atoms. The molecule has 1 N–H and O–H groups in total. The van der Waals surface area contributed by atoms with E-state index in [0.717, 1.165) is 12.8 Å². The molecule has 1 aromatic carbocycles. The first kappa shape index (κ1) is 20.1. The summed E-state index contributed by atoms with van der Waals surface area (Å²) >= 11 is 0. The zero-order chi connectivity index (χ0) is 21.1. The minimum Gasteiger partial charge on any atom is -0.507 e. The largest absolute Gasteiger partial charge is 0.507 e. The van der Waals surface area contributed by atoms with Gasteiger partial charge in [0.2, 0.25) is 0 Å². The second-order valence-electron chi connectivity index (χ2n) is 7.33. The summed E-state index contributed by atoms with van der Waals surface area (Å²) in [6, 6.07) is 9.63. The molecule has 2 saturated heterocycles. The molecule has 1 aromatic heterocycles. The predicted octanol–water partition coefficient (Wildman–Crippen LogP) is 3.08. The number of aliphatic hydroxyl groups is 1. The van der Waals surface area contributed by atoms with E-state index in [1.165, 1.54) is 4.90 Å². The van der Waals surface area contributed by atoms with Crippen LogP contribution >= 0.6 is 0 Å². The van der Waals surface area contributed by atoms with Crippen molar-refractivity contribution >= 4 is 17.4 Å². The molecule has 0 bridgehead atoms. The van der Waals surface area contributed by atoms with Crippen molar-refractivity contribution < 1.29 is 24.2 Å². The van der Waals surface area contributed by atoms with E-state index in [2.05, 4.69) is 4.98 Å². The smallest absolute Gasteiger partial charge is 0.295 e. The van der Waals surface area contributed by atoms with Gasteiger partial charge in [0.15, 0.2) is 0 Å². The normalized spacial score (nSPS) is 23.2. The number of aromatic nitrogens is 1. The number of hydrogen-bond donors (Lipinski definition) is 1. The van der Waals surface area contributed by atoms with Crippen molar-refractivity contribution in [2.45, 2.75) is 31.9 Å². The lowest BCUT2D eigenvalue weighted by atomic mass is 9.96. The standard InChI is InChI=1S/C23H24N2O5/c1-2-29-17-9-7-15(8-10-17)21(26)19-20(16-5-3-11-24-13-16)25(23(28)22(19)27)14-18-6-4-12-30-18/h3,5,7-11,13,18,20,26H,2,4,6,12,14H2,1H3/b21-19-. The summed E-state index contributed by atoms with van der Waals surface area (Å²) in [6.07, 6.45) is 4.89. The first-order valence-electron chi connectivity index (χ1n) is 10.1. The summed E-state index contributed by atoms with van der Waals surface area (Å²) in [7, 11) is 0. The second kappa shape index (κ2) is 8.67. The van der Waals surface area contributed by atoms with Gasteiger partial charge in [0.05, 0.1) is 24.3 Å². The maximum absolute atomic E-state index is 13.0. The first-order valence-corrected chi connectivity index (χ1v) is 10.1. The number of benzene rings is 1. The highest BCUT2D eigenvalue weighted by atomic mass is 16.5. The Bertz CT molecular complexity index is 949. The molecular formula is C23H24N2O5. The monoisotopic (exact) mass is 408 g/mol. The van der Waals surface area contributed by atoms with Gasteiger partial charge >= 0.3 is 0 Å². The number of amides is 1. The van der Waals surface area contributed by atoms with Crippen molar-refractivity contribution in [3.63, 3.8) is 0 Å². The maximum Gasteiger partial charge on any atom is 0.295 e. The highest BCUT2D eigenvalue weighted by Gasteiger charge is 2.47. The second-order valence-corrected chi connectivity index (χ2v) is 7.33. The van der Waals surface area contributed by atoms with E-state index in [1.807, 2.05) is 6.92 Å². The summed E-state index contributed by atoms with van der Waals surface area (Å²) in [5.74, 6) is -0.878. The van der Waals surface area contributed by atoms with Crippen LogP contribution in [0.5, 0.6) is 5.75 Å². The molecule has 7 nitrogen and oxygen atoms in total. The molecule has 0 spiro atoms. The van der Waals surface area contributed by atoms with Crippen LogP contribution < -0.4 is 4.74 Å². The van der Waals surface area contributed by atoms with Crippen LogP contribution in [0.2, 0.25) is 0 Å². The Labute approximate surface area is 174 Å². The number of carbonyl (C=O) groups excluding carboxylic acids is 2. The average molecular weight is 408 g/mol. The van der Waals surface area contributed by atoms with E-state index in [9.17, 15) is 14.7 Å². The summed E-state index contributed by atoms with van der Waals surface area (Å²) in [5, 5.41) is 11.0. The Morgan fingerprint density at radius 1 is 1.27 bits per heavy atom. The molecule has 2 unspecified atom stereocenters. The number of nitrogens with zero attached hydrogens (tertiary/aromatic N) is 2. The lowest BCUT2D eigenvalue weighted by molar-refractivity contribution is -0.140. The van der Waals surface area contributed by atoms with Crippen LogP contribution in [0.1, 0.15) is 36.9 Å². The van der Waals surface area contributed by atoms with Gasteiger partial charge in [0.1, 0.15) is 11.5 Å². The van der Waals surface area contributed by atoms with Crippen LogP contribution in [0, 0.1) is 0 Å². The Hall–Kier alpha value is -3.19. The van der Waals surface area contributed by atoms with E-state index >= 15 is 0 Å². The molecule has 3 heterocycles. The van der Waals surface area contributed by atoms with E-state index in [4.69, 9.17) is 9.47 Å². The molecular weight excluding hydrogens is 384 g/mol. The van der Waals surface area contributed by atoms with Crippen LogP contribution in [-0.2, 0) is 14.3 Å². The maximum atomic E-state index is 13.0. The van der Waals surface area contributed by atoms with Crippen molar-refractivity contribution in [1.29, 1.82) is 0 Å². The number of pyridine rings is 1. The zero-order valence-electron chi connectivity index (χ0n) is 16.8. The molecule has 0 aliphatic carbocycles. The molecule has 156 valence electrons. The molecule has 1 amide bonds. The third kappa shape index (κ3) is 3.80. The number of likely N-dealkylation sites (tertiary alicyclic amines) is 1. The molecule has 0 radical (unpaired) electrons. The van der Waals surface area contributed by atoms with Gasteiger partial charge in [-0.05, 0) is 55.7 Å². The number of Topliss-reactive ketones (excluding diaryl/α,β-unsaturated/α-hetero) is 1. The lowest BCUT2D eigenvalue weighted by Crippen LogP contribution is -2.36. The van der Waals surface area contributed by atoms with Crippen LogP contribution in [0.25, 0.3) is 5.76 Å². The van der Waals surface area contributed by atoms with Gasteiger partial charge in [-0.2, -0.15) is 0 Å². The van der Waals surface area contributed by atoms with Gasteiger partial charge in [0.25, 0.3) is 11.7 Å². The van der Waals surface area contributed by atoms with Crippen molar-refractivity contribution in [2.75, 3.05) is 19.8 Å². The average Bonchev–Trinajstić information content (AvgIpc) is 3.37. The summed E-state index contributed by atoms with van der Waals surface area (Å²) < 4.78 is 11.1.